The second-order valence-electron chi connectivity index (χ2n) is 4.53. The van der Waals surface area contributed by atoms with Crippen LogP contribution in [-0.2, 0) is 6.54 Å². The van der Waals surface area contributed by atoms with Crippen LogP contribution in [0.3, 0.4) is 0 Å². The molecule has 1 heterocycles. The van der Waals surface area contributed by atoms with Crippen LogP contribution in [0.5, 0.6) is 0 Å². The third kappa shape index (κ3) is 2.92. The number of nitrogen functional groups attached to an aromatic ring is 1. The minimum atomic E-state index is -0.246. The van der Waals surface area contributed by atoms with Crippen molar-refractivity contribution in [3.05, 3.63) is 51.4 Å². The van der Waals surface area contributed by atoms with Gasteiger partial charge < -0.3 is 15.1 Å². The van der Waals surface area contributed by atoms with Gasteiger partial charge in [0.25, 0.3) is 5.91 Å². The molecule has 0 radical (unpaired) electrons. The van der Waals surface area contributed by atoms with Gasteiger partial charge in [0.15, 0.2) is 0 Å². The number of rotatable bonds is 3. The molecule has 2 aromatic rings. The Hall–Kier alpha value is -1.65. The third-order valence-corrected chi connectivity index (χ3v) is 3.80. The summed E-state index contributed by atoms with van der Waals surface area (Å²) in [5, 5.41) is 0.476. The second kappa shape index (κ2) is 5.77. The van der Waals surface area contributed by atoms with E-state index in [-0.39, 0.29) is 16.0 Å². The maximum absolute atomic E-state index is 12.4. The first kappa shape index (κ1) is 14.8. The maximum atomic E-state index is 12.4. The summed E-state index contributed by atoms with van der Waals surface area (Å²) in [5.41, 5.74) is 7.33. The van der Waals surface area contributed by atoms with Gasteiger partial charge in [0.05, 0.1) is 21.9 Å². The monoisotopic (exact) mass is 312 g/mol. The van der Waals surface area contributed by atoms with Gasteiger partial charge in [-0.05, 0) is 25.1 Å². The number of furan rings is 1. The Labute approximate surface area is 127 Å². The lowest BCUT2D eigenvalue weighted by atomic mass is 10.1. The Balaban J connectivity index is 2.25. The van der Waals surface area contributed by atoms with Crippen LogP contribution in [-0.4, -0.2) is 17.9 Å². The van der Waals surface area contributed by atoms with Crippen molar-refractivity contribution in [3.8, 4) is 0 Å². The summed E-state index contributed by atoms with van der Waals surface area (Å²) in [7, 11) is 1.68. The molecular formula is C14H14Cl2N2O2. The van der Waals surface area contributed by atoms with Gasteiger partial charge in [0.2, 0.25) is 0 Å². The molecule has 0 aliphatic carbocycles. The summed E-state index contributed by atoms with van der Waals surface area (Å²) in [5.74, 6) is 0.533. The summed E-state index contributed by atoms with van der Waals surface area (Å²) in [6.45, 7) is 2.27. The first-order valence-corrected chi connectivity index (χ1v) is 6.68. The fraction of sp³-hybridized carbons (Fsp3) is 0.214. The zero-order valence-electron chi connectivity index (χ0n) is 11.1. The summed E-state index contributed by atoms with van der Waals surface area (Å²) in [4.78, 5) is 13.9. The van der Waals surface area contributed by atoms with E-state index in [1.165, 1.54) is 17.0 Å². The molecule has 2 N–H and O–H groups in total. The number of carbonyl (C=O) groups is 1. The zero-order valence-corrected chi connectivity index (χ0v) is 12.6. The summed E-state index contributed by atoms with van der Waals surface area (Å²) < 4.78 is 5.21. The van der Waals surface area contributed by atoms with Crippen molar-refractivity contribution in [1.82, 2.24) is 4.90 Å². The van der Waals surface area contributed by atoms with Gasteiger partial charge in [-0.15, -0.1) is 0 Å². The molecule has 0 unspecified atom stereocenters. The lowest BCUT2D eigenvalue weighted by Crippen LogP contribution is -2.26. The van der Waals surface area contributed by atoms with E-state index in [4.69, 9.17) is 33.4 Å². The topological polar surface area (TPSA) is 59.5 Å². The Morgan fingerprint density at radius 1 is 1.40 bits per heavy atom. The average molecular weight is 313 g/mol. The molecule has 0 aliphatic rings. The molecule has 1 aromatic heterocycles. The van der Waals surface area contributed by atoms with Crippen LogP contribution in [0.25, 0.3) is 0 Å². The van der Waals surface area contributed by atoms with Gasteiger partial charge in [0, 0.05) is 24.8 Å². The Morgan fingerprint density at radius 2 is 2.10 bits per heavy atom. The van der Waals surface area contributed by atoms with Crippen molar-refractivity contribution < 1.29 is 9.21 Å². The molecule has 0 spiro atoms. The molecule has 6 heteroatoms. The quantitative estimate of drug-likeness (QED) is 0.878. The molecule has 0 saturated heterocycles. The van der Waals surface area contributed by atoms with Gasteiger partial charge in [0.1, 0.15) is 5.76 Å². The molecule has 0 atom stereocenters. The van der Waals surface area contributed by atoms with Crippen molar-refractivity contribution in [2.24, 2.45) is 0 Å². The van der Waals surface area contributed by atoms with Gasteiger partial charge in [-0.1, -0.05) is 23.2 Å². The fourth-order valence-corrected chi connectivity index (χ4v) is 2.29. The van der Waals surface area contributed by atoms with E-state index in [2.05, 4.69) is 0 Å². The molecule has 106 valence electrons. The van der Waals surface area contributed by atoms with Crippen molar-refractivity contribution >= 4 is 34.8 Å². The van der Waals surface area contributed by atoms with Crippen LogP contribution in [0.15, 0.2) is 28.9 Å². The summed E-state index contributed by atoms with van der Waals surface area (Å²) in [6, 6.07) is 4.86. The number of halogens is 2. The molecule has 0 aliphatic heterocycles. The highest BCUT2D eigenvalue weighted by Crippen LogP contribution is 2.29. The van der Waals surface area contributed by atoms with Crippen molar-refractivity contribution in [2.75, 3.05) is 12.8 Å². The van der Waals surface area contributed by atoms with E-state index in [1.807, 2.05) is 13.0 Å². The highest BCUT2D eigenvalue weighted by molar-refractivity contribution is 6.44. The van der Waals surface area contributed by atoms with Crippen LogP contribution < -0.4 is 5.73 Å². The molecule has 1 aromatic carbocycles. The molecule has 0 bridgehead atoms. The normalized spacial score (nSPS) is 10.6. The predicted molar refractivity (Wildman–Crippen MR) is 80.1 cm³/mol. The van der Waals surface area contributed by atoms with E-state index < -0.39 is 0 Å². The Morgan fingerprint density at radius 3 is 2.70 bits per heavy atom. The van der Waals surface area contributed by atoms with Crippen LogP contribution in [0.1, 0.15) is 21.7 Å². The first-order chi connectivity index (χ1) is 9.40. The number of carbonyl (C=O) groups excluding carboxylic acids is 1. The Bertz CT molecular complexity index is 653. The van der Waals surface area contributed by atoms with Crippen molar-refractivity contribution in [3.63, 3.8) is 0 Å². The van der Waals surface area contributed by atoms with Crippen molar-refractivity contribution in [2.45, 2.75) is 13.5 Å². The van der Waals surface area contributed by atoms with E-state index in [0.717, 1.165) is 11.3 Å². The van der Waals surface area contributed by atoms with Gasteiger partial charge >= 0.3 is 0 Å². The Kier molecular flexibility index (Phi) is 4.26. The molecule has 20 heavy (non-hydrogen) atoms. The minimum Gasteiger partial charge on any atom is -0.469 e. The lowest BCUT2D eigenvalue weighted by molar-refractivity contribution is 0.0785. The number of benzene rings is 1. The van der Waals surface area contributed by atoms with Gasteiger partial charge in [-0.25, -0.2) is 0 Å². The van der Waals surface area contributed by atoms with Crippen LogP contribution in [0, 0.1) is 6.92 Å². The first-order valence-electron chi connectivity index (χ1n) is 5.93. The highest BCUT2D eigenvalue weighted by Gasteiger charge is 2.19. The molecule has 1 amide bonds. The molecular weight excluding hydrogens is 299 g/mol. The fourth-order valence-electron chi connectivity index (χ4n) is 1.87. The highest BCUT2D eigenvalue weighted by atomic mass is 35.5. The number of anilines is 1. The van der Waals surface area contributed by atoms with E-state index >= 15 is 0 Å². The number of nitrogens with zero attached hydrogens (tertiary/aromatic N) is 1. The standard InChI is InChI=1S/C14H14Cl2N2O2/c1-8-9(3-4-20-8)7-18(2)14(19)11-5-10(17)6-12(15)13(11)16/h3-6H,7,17H2,1-2H3. The minimum absolute atomic E-state index is 0.210. The number of nitrogens with two attached hydrogens (primary N) is 1. The predicted octanol–water partition coefficient (Wildman–Crippen LogP) is 3.75. The van der Waals surface area contributed by atoms with E-state index in [0.29, 0.717) is 17.8 Å². The smallest absolute Gasteiger partial charge is 0.255 e. The van der Waals surface area contributed by atoms with Crippen LogP contribution >= 0.6 is 23.2 Å². The molecule has 2 rings (SSSR count). The molecule has 0 fully saturated rings. The summed E-state index contributed by atoms with van der Waals surface area (Å²) in [6.07, 6.45) is 1.59. The van der Waals surface area contributed by atoms with Gasteiger partial charge in [-0.3, -0.25) is 4.79 Å². The molecule has 4 nitrogen and oxygen atoms in total. The van der Waals surface area contributed by atoms with E-state index in [1.54, 1.807) is 13.3 Å². The average Bonchev–Trinajstić information content (AvgIpc) is 2.78. The third-order valence-electron chi connectivity index (χ3n) is 3.00. The van der Waals surface area contributed by atoms with E-state index in [9.17, 15) is 4.79 Å². The number of hydrogen-bond donors (Lipinski definition) is 1. The maximum Gasteiger partial charge on any atom is 0.255 e. The number of hydrogen-bond acceptors (Lipinski definition) is 3. The number of amides is 1. The second-order valence-corrected chi connectivity index (χ2v) is 5.31. The lowest BCUT2D eigenvalue weighted by Gasteiger charge is -2.18. The summed E-state index contributed by atoms with van der Waals surface area (Å²) >= 11 is 12.0. The zero-order chi connectivity index (χ0) is 14.9. The van der Waals surface area contributed by atoms with Crippen molar-refractivity contribution in [1.29, 1.82) is 0 Å². The number of aryl methyl sites for hydroxylation is 1. The van der Waals surface area contributed by atoms with Gasteiger partial charge in [-0.2, -0.15) is 0 Å². The SMILES string of the molecule is Cc1occc1CN(C)C(=O)c1cc(N)cc(Cl)c1Cl. The largest absolute Gasteiger partial charge is 0.469 e. The van der Waals surface area contributed by atoms with Crippen LogP contribution in [0.4, 0.5) is 5.69 Å². The molecule has 0 saturated carbocycles. The van der Waals surface area contributed by atoms with Crippen LogP contribution in [0.2, 0.25) is 10.0 Å².